The Labute approximate surface area is 152 Å². The predicted molar refractivity (Wildman–Crippen MR) is 108 cm³/mol. The molecular weight excluding hydrogens is 308 g/mol. The molecule has 4 heteroatoms. The summed E-state index contributed by atoms with van der Waals surface area (Å²) in [6.45, 7) is 11.6. The number of hydrogen-bond acceptors (Lipinski definition) is 4. The molecule has 25 heavy (non-hydrogen) atoms. The number of unbranched alkanes of at least 4 members (excludes halogenated alkanes) is 2. The van der Waals surface area contributed by atoms with Gasteiger partial charge in [0.25, 0.3) is 0 Å². The quantitative estimate of drug-likeness (QED) is 0.583. The molecule has 0 aliphatic rings. The van der Waals surface area contributed by atoms with E-state index in [-0.39, 0.29) is 0 Å². The number of para-hydroxylation sites is 1. The van der Waals surface area contributed by atoms with Gasteiger partial charge in [-0.25, -0.2) is 4.98 Å². The Morgan fingerprint density at radius 3 is 2.08 bits per heavy atom. The zero-order valence-electron chi connectivity index (χ0n) is 16.2. The van der Waals surface area contributed by atoms with Crippen LogP contribution in [0.25, 0.3) is 0 Å². The summed E-state index contributed by atoms with van der Waals surface area (Å²) in [5.41, 5.74) is 2.19. The van der Waals surface area contributed by atoms with E-state index in [0.29, 0.717) is 0 Å². The lowest BCUT2D eigenvalue weighted by molar-refractivity contribution is 0.661. The van der Waals surface area contributed by atoms with Crippen LogP contribution in [0, 0.1) is 6.92 Å². The molecule has 0 spiro atoms. The van der Waals surface area contributed by atoms with Gasteiger partial charge in [0.15, 0.2) is 0 Å². The molecule has 4 nitrogen and oxygen atoms in total. The fourth-order valence-electron chi connectivity index (χ4n) is 2.91. The molecule has 2 rings (SSSR count). The molecule has 0 atom stereocenters. The van der Waals surface area contributed by atoms with Gasteiger partial charge in [0, 0.05) is 37.1 Å². The smallest absolute Gasteiger partial charge is 0.227 e. The molecule has 0 saturated carbocycles. The average molecular weight is 341 g/mol. The van der Waals surface area contributed by atoms with E-state index in [9.17, 15) is 0 Å². The molecule has 0 aliphatic heterocycles. The van der Waals surface area contributed by atoms with Crippen LogP contribution in [0.15, 0.2) is 36.4 Å². The fourth-order valence-corrected chi connectivity index (χ4v) is 2.91. The molecule has 0 aliphatic carbocycles. The molecule has 0 saturated heterocycles. The molecule has 0 fully saturated rings. The zero-order chi connectivity index (χ0) is 18.1. The van der Waals surface area contributed by atoms with Crippen LogP contribution in [-0.4, -0.2) is 29.6 Å². The second-order valence-electron chi connectivity index (χ2n) is 6.44. The maximum Gasteiger partial charge on any atom is 0.227 e. The van der Waals surface area contributed by atoms with Gasteiger partial charge in [0.1, 0.15) is 5.82 Å². The summed E-state index contributed by atoms with van der Waals surface area (Å²) in [7, 11) is 0. The average Bonchev–Trinajstić information content (AvgIpc) is 2.63. The number of aryl methyl sites for hydroxylation is 1. The molecule has 2 aromatic rings. The Morgan fingerprint density at radius 2 is 1.52 bits per heavy atom. The van der Waals surface area contributed by atoms with Gasteiger partial charge in [-0.05, 0) is 38.8 Å². The van der Waals surface area contributed by atoms with E-state index in [4.69, 9.17) is 9.97 Å². The highest BCUT2D eigenvalue weighted by Crippen LogP contribution is 2.25. The highest BCUT2D eigenvalue weighted by molar-refractivity contribution is 5.61. The summed E-state index contributed by atoms with van der Waals surface area (Å²) in [5.74, 6) is 1.85. The highest BCUT2D eigenvalue weighted by atomic mass is 15.3. The number of hydrogen-bond donors (Lipinski definition) is 0. The summed E-state index contributed by atoms with van der Waals surface area (Å²) in [5, 5.41) is 0. The van der Waals surface area contributed by atoms with Gasteiger partial charge in [-0.2, -0.15) is 4.98 Å². The van der Waals surface area contributed by atoms with E-state index in [2.05, 4.69) is 67.8 Å². The standard InChI is InChI=1S/C21H32N4/c1-5-8-15-24(16-9-6-2)21-22-18(4)17-20(23-21)25(7-3)19-13-11-10-12-14-19/h10-14,17H,5-9,15-16H2,1-4H3. The lowest BCUT2D eigenvalue weighted by Gasteiger charge is -2.26. The third-order valence-corrected chi connectivity index (χ3v) is 4.34. The van der Waals surface area contributed by atoms with Crippen molar-refractivity contribution in [2.45, 2.75) is 53.4 Å². The number of nitrogens with zero attached hydrogens (tertiary/aromatic N) is 4. The Hall–Kier alpha value is -2.10. The van der Waals surface area contributed by atoms with Crippen LogP contribution < -0.4 is 9.80 Å². The SMILES string of the molecule is CCCCN(CCCC)c1nc(C)cc(N(CC)c2ccccc2)n1. The molecule has 1 heterocycles. The molecule has 0 amide bonds. The van der Waals surface area contributed by atoms with Gasteiger partial charge >= 0.3 is 0 Å². The normalized spacial score (nSPS) is 10.7. The first-order chi connectivity index (χ1) is 12.2. The number of anilines is 3. The summed E-state index contributed by atoms with van der Waals surface area (Å²) >= 11 is 0. The van der Waals surface area contributed by atoms with Gasteiger partial charge in [-0.3, -0.25) is 0 Å². The molecule has 0 bridgehead atoms. The molecule has 0 unspecified atom stereocenters. The van der Waals surface area contributed by atoms with Crippen molar-refractivity contribution in [2.24, 2.45) is 0 Å². The third kappa shape index (κ3) is 5.45. The monoisotopic (exact) mass is 340 g/mol. The van der Waals surface area contributed by atoms with Crippen molar-refractivity contribution < 1.29 is 0 Å². The van der Waals surface area contributed by atoms with Crippen molar-refractivity contribution in [3.05, 3.63) is 42.1 Å². The largest absolute Gasteiger partial charge is 0.341 e. The maximum atomic E-state index is 4.93. The van der Waals surface area contributed by atoms with E-state index in [1.54, 1.807) is 0 Å². The lowest BCUT2D eigenvalue weighted by atomic mass is 10.2. The topological polar surface area (TPSA) is 32.3 Å². The van der Waals surface area contributed by atoms with Crippen molar-refractivity contribution in [2.75, 3.05) is 29.4 Å². The predicted octanol–water partition coefficient (Wildman–Crippen LogP) is 5.35. The van der Waals surface area contributed by atoms with Crippen molar-refractivity contribution in [3.8, 4) is 0 Å². The first-order valence-electron chi connectivity index (χ1n) is 9.62. The number of rotatable bonds is 10. The summed E-state index contributed by atoms with van der Waals surface area (Å²) < 4.78 is 0. The van der Waals surface area contributed by atoms with E-state index >= 15 is 0 Å². The molecule has 0 radical (unpaired) electrons. The lowest BCUT2D eigenvalue weighted by Crippen LogP contribution is -2.29. The van der Waals surface area contributed by atoms with Crippen molar-refractivity contribution in [3.63, 3.8) is 0 Å². The van der Waals surface area contributed by atoms with Crippen LogP contribution in [-0.2, 0) is 0 Å². The van der Waals surface area contributed by atoms with Crippen LogP contribution in [0.5, 0.6) is 0 Å². The Balaban J connectivity index is 2.33. The molecule has 1 aromatic carbocycles. The van der Waals surface area contributed by atoms with Crippen LogP contribution in [0.2, 0.25) is 0 Å². The van der Waals surface area contributed by atoms with Crippen LogP contribution in [0.1, 0.15) is 52.1 Å². The number of aromatic nitrogens is 2. The van der Waals surface area contributed by atoms with Crippen LogP contribution in [0.4, 0.5) is 17.5 Å². The zero-order valence-corrected chi connectivity index (χ0v) is 16.2. The van der Waals surface area contributed by atoms with E-state index in [0.717, 1.165) is 37.1 Å². The maximum absolute atomic E-state index is 4.93. The van der Waals surface area contributed by atoms with Gasteiger partial charge in [0.05, 0.1) is 0 Å². The first kappa shape index (κ1) is 19.2. The Morgan fingerprint density at radius 1 is 0.880 bits per heavy atom. The van der Waals surface area contributed by atoms with Crippen molar-refractivity contribution in [1.82, 2.24) is 9.97 Å². The Kier molecular flexibility index (Phi) is 7.71. The van der Waals surface area contributed by atoms with Gasteiger partial charge in [-0.1, -0.05) is 44.9 Å². The van der Waals surface area contributed by atoms with Crippen LogP contribution in [0.3, 0.4) is 0 Å². The van der Waals surface area contributed by atoms with Gasteiger partial charge < -0.3 is 9.80 Å². The second kappa shape index (κ2) is 10.0. The molecule has 136 valence electrons. The van der Waals surface area contributed by atoms with Crippen molar-refractivity contribution in [1.29, 1.82) is 0 Å². The Bertz CT molecular complexity index is 619. The minimum absolute atomic E-state index is 0.867. The van der Waals surface area contributed by atoms with Gasteiger partial charge in [0.2, 0.25) is 5.95 Å². The molecule has 1 aromatic heterocycles. The first-order valence-corrected chi connectivity index (χ1v) is 9.62. The summed E-state index contributed by atoms with van der Waals surface area (Å²) in [4.78, 5) is 14.3. The fraction of sp³-hybridized carbons (Fsp3) is 0.524. The third-order valence-electron chi connectivity index (χ3n) is 4.34. The van der Waals surface area contributed by atoms with E-state index < -0.39 is 0 Å². The van der Waals surface area contributed by atoms with E-state index in [1.807, 2.05) is 6.07 Å². The highest BCUT2D eigenvalue weighted by Gasteiger charge is 2.15. The van der Waals surface area contributed by atoms with Crippen LogP contribution >= 0.6 is 0 Å². The van der Waals surface area contributed by atoms with Crippen molar-refractivity contribution >= 4 is 17.5 Å². The minimum atomic E-state index is 0.867. The second-order valence-corrected chi connectivity index (χ2v) is 6.44. The summed E-state index contributed by atoms with van der Waals surface area (Å²) in [6.07, 6.45) is 4.72. The molecule has 0 N–H and O–H groups in total. The minimum Gasteiger partial charge on any atom is -0.341 e. The van der Waals surface area contributed by atoms with Gasteiger partial charge in [-0.15, -0.1) is 0 Å². The number of benzene rings is 1. The van der Waals surface area contributed by atoms with E-state index in [1.165, 1.54) is 31.4 Å². The summed E-state index contributed by atoms with van der Waals surface area (Å²) in [6, 6.07) is 12.5. The molecular formula is C21H32N4.